The van der Waals surface area contributed by atoms with E-state index >= 15 is 0 Å². The first-order valence-corrected chi connectivity index (χ1v) is 8.89. The van der Waals surface area contributed by atoms with Gasteiger partial charge in [-0.3, -0.25) is 9.48 Å². The Labute approximate surface area is 152 Å². The molecule has 1 aliphatic heterocycles. The highest BCUT2D eigenvalue weighted by Gasteiger charge is 2.30. The number of amides is 1. The fourth-order valence-electron chi connectivity index (χ4n) is 3.30. The quantitative estimate of drug-likeness (QED) is 0.815. The molecule has 7 nitrogen and oxygen atoms in total. The fourth-order valence-corrected chi connectivity index (χ4v) is 3.54. The number of carbonyl (C=O) groups is 1. The fraction of sp³-hybridized carbons (Fsp3) is 0.588. The van der Waals surface area contributed by atoms with Crippen LogP contribution in [-0.4, -0.2) is 56.9 Å². The Hall–Kier alpha value is -1.86. The lowest BCUT2D eigenvalue weighted by molar-refractivity contribution is 0.0696. The molecule has 0 N–H and O–H groups in total. The monoisotopic (exact) mass is 365 g/mol. The molecule has 0 aromatic carbocycles. The highest BCUT2D eigenvalue weighted by Crippen LogP contribution is 2.28. The number of aromatic nitrogens is 4. The van der Waals surface area contributed by atoms with E-state index < -0.39 is 0 Å². The van der Waals surface area contributed by atoms with Gasteiger partial charge < -0.3 is 14.2 Å². The summed E-state index contributed by atoms with van der Waals surface area (Å²) in [5.41, 5.74) is 1.14. The lowest BCUT2D eigenvalue weighted by atomic mass is 9.96. The lowest BCUT2D eigenvalue weighted by Crippen LogP contribution is -2.40. The number of halogens is 1. The van der Waals surface area contributed by atoms with Crippen molar-refractivity contribution in [2.75, 3.05) is 26.8 Å². The average Bonchev–Trinajstić information content (AvgIpc) is 3.20. The van der Waals surface area contributed by atoms with Gasteiger partial charge in [-0.2, -0.15) is 5.10 Å². The number of imidazole rings is 1. The normalized spacial score (nSPS) is 17.9. The van der Waals surface area contributed by atoms with Crippen LogP contribution in [0.5, 0.6) is 0 Å². The zero-order valence-electron chi connectivity index (χ0n) is 14.9. The Bertz CT molecular complexity index is 754. The third-order valence-corrected chi connectivity index (χ3v) is 5.27. The molecule has 8 heteroatoms. The van der Waals surface area contributed by atoms with Gasteiger partial charge in [0.05, 0.1) is 17.3 Å². The molecule has 0 unspecified atom stereocenters. The van der Waals surface area contributed by atoms with E-state index in [2.05, 4.69) is 14.6 Å². The van der Waals surface area contributed by atoms with Gasteiger partial charge in [0.1, 0.15) is 5.82 Å². The molecule has 3 rings (SSSR count). The number of rotatable bonds is 5. The van der Waals surface area contributed by atoms with Crippen molar-refractivity contribution in [1.82, 2.24) is 24.2 Å². The molecule has 2 aromatic heterocycles. The first-order valence-electron chi connectivity index (χ1n) is 8.51. The summed E-state index contributed by atoms with van der Waals surface area (Å²) in [7, 11) is 3.49. The maximum atomic E-state index is 12.9. The lowest BCUT2D eigenvalue weighted by Gasteiger charge is -2.32. The van der Waals surface area contributed by atoms with Gasteiger partial charge in [0.15, 0.2) is 5.69 Å². The molecule has 2 aromatic rings. The zero-order chi connectivity index (χ0) is 18.0. The number of aryl methyl sites for hydroxylation is 1. The molecule has 0 bridgehead atoms. The molecular weight excluding hydrogens is 342 g/mol. The molecule has 1 aliphatic rings. The smallest absolute Gasteiger partial charge is 0.275 e. The largest absolute Gasteiger partial charge is 0.383 e. The van der Waals surface area contributed by atoms with Crippen molar-refractivity contribution < 1.29 is 9.53 Å². The molecule has 0 radical (unpaired) electrons. The van der Waals surface area contributed by atoms with Crippen molar-refractivity contribution in [3.63, 3.8) is 0 Å². The molecule has 3 heterocycles. The standard InChI is InChI=1S/C17H24ClN5O2/c1-12-14(18)15(20-21(12)2)17(24)23-7-4-5-13(11-23)16-19-6-8-22(16)9-10-25-3/h6,8,13H,4-5,7,9-11H2,1-3H3/t13-/m1/s1. The third kappa shape index (κ3) is 3.57. The second kappa shape index (κ2) is 7.58. The highest BCUT2D eigenvalue weighted by atomic mass is 35.5. The first-order chi connectivity index (χ1) is 12.0. The van der Waals surface area contributed by atoms with E-state index in [1.165, 1.54) is 0 Å². The molecular formula is C17H24ClN5O2. The van der Waals surface area contributed by atoms with E-state index in [0.717, 1.165) is 37.4 Å². The minimum absolute atomic E-state index is 0.103. The number of hydrogen-bond donors (Lipinski definition) is 0. The number of likely N-dealkylation sites (tertiary alicyclic amines) is 1. The second-order valence-corrected chi connectivity index (χ2v) is 6.81. The minimum Gasteiger partial charge on any atom is -0.383 e. The van der Waals surface area contributed by atoms with Crippen molar-refractivity contribution >= 4 is 17.5 Å². The van der Waals surface area contributed by atoms with E-state index in [1.807, 2.05) is 24.2 Å². The number of hydrogen-bond acceptors (Lipinski definition) is 4. The van der Waals surface area contributed by atoms with Gasteiger partial charge in [-0.05, 0) is 19.8 Å². The summed E-state index contributed by atoms with van der Waals surface area (Å²) in [6.07, 6.45) is 5.73. The van der Waals surface area contributed by atoms with E-state index in [-0.39, 0.29) is 11.8 Å². The van der Waals surface area contributed by atoms with Crippen molar-refractivity contribution in [3.05, 3.63) is 34.6 Å². The van der Waals surface area contributed by atoms with Crippen LogP contribution >= 0.6 is 11.6 Å². The molecule has 0 saturated carbocycles. The molecule has 1 amide bonds. The summed E-state index contributed by atoms with van der Waals surface area (Å²) >= 11 is 6.29. The van der Waals surface area contributed by atoms with Crippen LogP contribution in [0, 0.1) is 6.92 Å². The van der Waals surface area contributed by atoms with Crippen molar-refractivity contribution in [1.29, 1.82) is 0 Å². The molecule has 0 aliphatic carbocycles. The topological polar surface area (TPSA) is 65.2 Å². The number of piperidine rings is 1. The maximum Gasteiger partial charge on any atom is 0.275 e. The number of nitrogens with zero attached hydrogens (tertiary/aromatic N) is 5. The SMILES string of the molecule is COCCn1ccnc1[C@@H]1CCCN(C(=O)c2nn(C)c(C)c2Cl)C1. The molecule has 1 fully saturated rings. The van der Waals surface area contributed by atoms with Crippen molar-refractivity contribution in [2.45, 2.75) is 32.2 Å². The van der Waals surface area contributed by atoms with E-state index in [1.54, 1.807) is 18.8 Å². The predicted octanol–water partition coefficient (Wildman–Crippen LogP) is 2.24. The van der Waals surface area contributed by atoms with E-state index in [9.17, 15) is 4.79 Å². The summed E-state index contributed by atoms with van der Waals surface area (Å²) in [6.45, 7) is 4.62. The van der Waals surface area contributed by atoms with Crippen molar-refractivity contribution in [2.24, 2.45) is 7.05 Å². The number of carbonyl (C=O) groups excluding carboxylic acids is 1. The van der Waals surface area contributed by atoms with E-state index in [4.69, 9.17) is 16.3 Å². The van der Waals surface area contributed by atoms with Gasteiger partial charge in [0, 0.05) is 52.1 Å². The van der Waals surface area contributed by atoms with Crippen LogP contribution in [0.1, 0.15) is 40.8 Å². The Balaban J connectivity index is 1.76. The van der Waals surface area contributed by atoms with Gasteiger partial charge in [0.25, 0.3) is 5.91 Å². The van der Waals surface area contributed by atoms with Crippen LogP contribution in [0.4, 0.5) is 0 Å². The summed E-state index contributed by atoms with van der Waals surface area (Å²) in [4.78, 5) is 19.2. The molecule has 1 atom stereocenters. The first kappa shape index (κ1) is 17.9. The van der Waals surface area contributed by atoms with E-state index in [0.29, 0.717) is 23.9 Å². The van der Waals surface area contributed by atoms with Crippen LogP contribution < -0.4 is 0 Å². The Kier molecular flexibility index (Phi) is 5.44. The van der Waals surface area contributed by atoms with Gasteiger partial charge in [0.2, 0.25) is 0 Å². The third-order valence-electron chi connectivity index (χ3n) is 4.82. The van der Waals surface area contributed by atoms with Gasteiger partial charge in [-0.15, -0.1) is 0 Å². The van der Waals surface area contributed by atoms with Gasteiger partial charge >= 0.3 is 0 Å². The minimum atomic E-state index is -0.103. The highest BCUT2D eigenvalue weighted by molar-refractivity contribution is 6.34. The van der Waals surface area contributed by atoms with Crippen LogP contribution in [0.25, 0.3) is 0 Å². The summed E-state index contributed by atoms with van der Waals surface area (Å²) in [6, 6.07) is 0. The van der Waals surface area contributed by atoms with Gasteiger partial charge in [-0.25, -0.2) is 4.98 Å². The summed E-state index contributed by atoms with van der Waals surface area (Å²) in [5.74, 6) is 1.12. The predicted molar refractivity (Wildman–Crippen MR) is 94.9 cm³/mol. The number of ether oxygens (including phenoxy) is 1. The Morgan fingerprint density at radius 1 is 1.48 bits per heavy atom. The molecule has 1 saturated heterocycles. The van der Waals surface area contributed by atoms with Crippen LogP contribution in [0.3, 0.4) is 0 Å². The van der Waals surface area contributed by atoms with Crippen LogP contribution in [0.2, 0.25) is 5.02 Å². The Morgan fingerprint density at radius 2 is 2.28 bits per heavy atom. The molecule has 136 valence electrons. The van der Waals surface area contributed by atoms with Gasteiger partial charge in [-0.1, -0.05) is 11.6 Å². The second-order valence-electron chi connectivity index (χ2n) is 6.43. The Morgan fingerprint density at radius 3 is 2.96 bits per heavy atom. The van der Waals surface area contributed by atoms with Crippen LogP contribution in [-0.2, 0) is 18.3 Å². The average molecular weight is 366 g/mol. The molecule has 0 spiro atoms. The van der Waals surface area contributed by atoms with Crippen LogP contribution in [0.15, 0.2) is 12.4 Å². The number of methoxy groups -OCH3 is 1. The summed E-state index contributed by atoms with van der Waals surface area (Å²) in [5, 5.41) is 4.73. The van der Waals surface area contributed by atoms with Crippen molar-refractivity contribution in [3.8, 4) is 0 Å². The zero-order valence-corrected chi connectivity index (χ0v) is 15.7. The maximum absolute atomic E-state index is 12.9. The molecule has 25 heavy (non-hydrogen) atoms. The summed E-state index contributed by atoms with van der Waals surface area (Å²) < 4.78 is 8.92.